The summed E-state index contributed by atoms with van der Waals surface area (Å²) in [5.74, 6) is -0.0793. The fourth-order valence-corrected chi connectivity index (χ4v) is 1.61. The van der Waals surface area contributed by atoms with Gasteiger partial charge in [0.05, 0.1) is 7.11 Å². The zero-order chi connectivity index (χ0) is 8.27. The van der Waals surface area contributed by atoms with E-state index in [2.05, 4.69) is 16.6 Å². The van der Waals surface area contributed by atoms with E-state index in [1.807, 2.05) is 0 Å². The molecular formula is C8H15NO2. The Labute approximate surface area is 67.3 Å². The predicted molar refractivity (Wildman–Crippen MR) is 42.3 cm³/mol. The van der Waals surface area contributed by atoms with Crippen LogP contribution >= 0.6 is 0 Å². The Morgan fingerprint density at radius 2 is 2.45 bits per heavy atom. The third-order valence-electron chi connectivity index (χ3n) is 2.24. The number of carbonyl (C=O) groups excluding carboxylic acids is 1. The van der Waals surface area contributed by atoms with Crippen molar-refractivity contribution >= 4 is 5.97 Å². The molecule has 0 bridgehead atoms. The topological polar surface area (TPSA) is 29.5 Å². The highest BCUT2D eigenvalue weighted by molar-refractivity contribution is 5.75. The zero-order valence-electron chi connectivity index (χ0n) is 7.17. The summed E-state index contributed by atoms with van der Waals surface area (Å²) in [5, 5.41) is 0. The van der Waals surface area contributed by atoms with Crippen LogP contribution in [-0.4, -0.2) is 37.1 Å². The van der Waals surface area contributed by atoms with Crippen molar-refractivity contribution in [1.29, 1.82) is 0 Å². The van der Waals surface area contributed by atoms with Crippen LogP contribution in [0.15, 0.2) is 0 Å². The van der Waals surface area contributed by atoms with Gasteiger partial charge in [-0.15, -0.1) is 0 Å². The number of nitrogens with zero attached hydrogens (tertiary/aromatic N) is 1. The average molecular weight is 157 g/mol. The Morgan fingerprint density at radius 1 is 1.73 bits per heavy atom. The van der Waals surface area contributed by atoms with Crippen LogP contribution in [0.5, 0.6) is 0 Å². The van der Waals surface area contributed by atoms with Crippen LogP contribution in [0.3, 0.4) is 0 Å². The summed E-state index contributed by atoms with van der Waals surface area (Å²) in [6, 6.07) is 0.0324. The summed E-state index contributed by atoms with van der Waals surface area (Å²) in [7, 11) is 1.45. The van der Waals surface area contributed by atoms with Crippen LogP contribution in [0, 0.1) is 0 Å². The monoisotopic (exact) mass is 157 g/mol. The van der Waals surface area contributed by atoms with Gasteiger partial charge in [0, 0.05) is 0 Å². The van der Waals surface area contributed by atoms with Gasteiger partial charge in [-0.2, -0.15) is 0 Å². The average Bonchev–Trinajstić information content (AvgIpc) is 2.50. The molecular weight excluding hydrogens is 142 g/mol. The quantitative estimate of drug-likeness (QED) is 0.551. The molecule has 1 atom stereocenters. The summed E-state index contributed by atoms with van der Waals surface area (Å²) in [6.07, 6.45) is 2.08. The fourth-order valence-electron chi connectivity index (χ4n) is 1.61. The second-order valence-electron chi connectivity index (χ2n) is 2.81. The van der Waals surface area contributed by atoms with Crippen molar-refractivity contribution in [2.75, 3.05) is 20.2 Å². The van der Waals surface area contributed by atoms with E-state index in [9.17, 15) is 4.79 Å². The minimum Gasteiger partial charge on any atom is -0.468 e. The van der Waals surface area contributed by atoms with Crippen molar-refractivity contribution in [3.8, 4) is 0 Å². The first kappa shape index (κ1) is 8.53. The maximum atomic E-state index is 11.1. The Balaban J connectivity index is 2.49. The third kappa shape index (κ3) is 1.71. The largest absolute Gasteiger partial charge is 0.468 e. The number of hydrogen-bond acceptors (Lipinski definition) is 3. The highest BCUT2D eigenvalue weighted by atomic mass is 16.5. The summed E-state index contributed by atoms with van der Waals surface area (Å²) in [6.45, 7) is 4.05. The first-order valence-corrected chi connectivity index (χ1v) is 4.11. The molecule has 3 nitrogen and oxygen atoms in total. The van der Waals surface area contributed by atoms with Crippen molar-refractivity contribution in [2.24, 2.45) is 0 Å². The Kier molecular flexibility index (Phi) is 2.88. The van der Waals surface area contributed by atoms with Gasteiger partial charge in [0.1, 0.15) is 6.04 Å². The van der Waals surface area contributed by atoms with Crippen molar-refractivity contribution in [2.45, 2.75) is 25.8 Å². The van der Waals surface area contributed by atoms with E-state index in [0.717, 1.165) is 25.9 Å². The lowest BCUT2D eigenvalue weighted by Crippen LogP contribution is -2.36. The molecule has 0 saturated carbocycles. The van der Waals surface area contributed by atoms with Crippen LogP contribution in [0.4, 0.5) is 0 Å². The Hall–Kier alpha value is -0.570. The van der Waals surface area contributed by atoms with Gasteiger partial charge in [0.25, 0.3) is 0 Å². The SMILES string of the molecule is CCN1CCCC1C(=O)OC. The van der Waals surface area contributed by atoms with E-state index in [0.29, 0.717) is 0 Å². The number of likely N-dealkylation sites (N-methyl/N-ethyl adjacent to an activating group) is 1. The minimum atomic E-state index is -0.0793. The van der Waals surface area contributed by atoms with E-state index in [-0.39, 0.29) is 12.0 Å². The van der Waals surface area contributed by atoms with Crippen LogP contribution in [0.2, 0.25) is 0 Å². The summed E-state index contributed by atoms with van der Waals surface area (Å²) in [5.41, 5.74) is 0. The molecule has 1 unspecified atom stereocenters. The van der Waals surface area contributed by atoms with Crippen molar-refractivity contribution in [1.82, 2.24) is 4.90 Å². The predicted octanol–water partition coefficient (Wildman–Crippen LogP) is 0.644. The fraction of sp³-hybridized carbons (Fsp3) is 0.875. The summed E-state index contributed by atoms with van der Waals surface area (Å²) >= 11 is 0. The standard InChI is InChI=1S/C8H15NO2/c1-3-9-6-4-5-7(9)8(10)11-2/h7H,3-6H2,1-2H3. The molecule has 1 aliphatic rings. The van der Waals surface area contributed by atoms with Crippen molar-refractivity contribution in [3.63, 3.8) is 0 Å². The normalized spacial score (nSPS) is 25.5. The zero-order valence-corrected chi connectivity index (χ0v) is 7.17. The lowest BCUT2D eigenvalue weighted by molar-refractivity contribution is -0.145. The highest BCUT2D eigenvalue weighted by Crippen LogP contribution is 2.17. The van der Waals surface area contributed by atoms with E-state index < -0.39 is 0 Å². The van der Waals surface area contributed by atoms with Crippen molar-refractivity contribution in [3.05, 3.63) is 0 Å². The van der Waals surface area contributed by atoms with Crippen molar-refractivity contribution < 1.29 is 9.53 Å². The minimum absolute atomic E-state index is 0.0324. The second-order valence-corrected chi connectivity index (χ2v) is 2.81. The van der Waals surface area contributed by atoms with Gasteiger partial charge in [-0.05, 0) is 25.9 Å². The molecule has 0 radical (unpaired) electrons. The van der Waals surface area contributed by atoms with Gasteiger partial charge in [0.15, 0.2) is 0 Å². The molecule has 1 fully saturated rings. The smallest absolute Gasteiger partial charge is 0.323 e. The van der Waals surface area contributed by atoms with E-state index in [4.69, 9.17) is 0 Å². The highest BCUT2D eigenvalue weighted by Gasteiger charge is 2.29. The molecule has 0 aromatic rings. The molecule has 0 amide bonds. The van der Waals surface area contributed by atoms with Gasteiger partial charge < -0.3 is 4.74 Å². The number of hydrogen-bond donors (Lipinski definition) is 0. The van der Waals surface area contributed by atoms with E-state index in [1.165, 1.54) is 7.11 Å². The Morgan fingerprint density at radius 3 is 3.00 bits per heavy atom. The molecule has 0 N–H and O–H groups in total. The lowest BCUT2D eigenvalue weighted by atomic mass is 10.2. The van der Waals surface area contributed by atoms with Crippen LogP contribution in [0.25, 0.3) is 0 Å². The third-order valence-corrected chi connectivity index (χ3v) is 2.24. The summed E-state index contributed by atoms with van der Waals surface area (Å²) in [4.78, 5) is 13.3. The Bertz CT molecular complexity index is 147. The molecule has 3 heteroatoms. The number of likely N-dealkylation sites (tertiary alicyclic amines) is 1. The number of rotatable bonds is 2. The van der Waals surface area contributed by atoms with Gasteiger partial charge in [-0.3, -0.25) is 9.69 Å². The maximum absolute atomic E-state index is 11.1. The molecule has 1 saturated heterocycles. The molecule has 0 spiro atoms. The van der Waals surface area contributed by atoms with Crippen LogP contribution in [-0.2, 0) is 9.53 Å². The number of methoxy groups -OCH3 is 1. The number of ether oxygens (including phenoxy) is 1. The summed E-state index contributed by atoms with van der Waals surface area (Å²) < 4.78 is 4.69. The van der Waals surface area contributed by atoms with Gasteiger partial charge in [-0.25, -0.2) is 0 Å². The molecule has 1 aliphatic heterocycles. The second kappa shape index (κ2) is 3.72. The van der Waals surface area contributed by atoms with Crippen LogP contribution < -0.4 is 0 Å². The maximum Gasteiger partial charge on any atom is 0.323 e. The van der Waals surface area contributed by atoms with E-state index >= 15 is 0 Å². The van der Waals surface area contributed by atoms with Crippen LogP contribution in [0.1, 0.15) is 19.8 Å². The number of carbonyl (C=O) groups is 1. The van der Waals surface area contributed by atoms with Gasteiger partial charge in [-0.1, -0.05) is 6.92 Å². The first-order valence-electron chi connectivity index (χ1n) is 4.11. The molecule has 1 rings (SSSR count). The molecule has 0 aliphatic carbocycles. The molecule has 1 heterocycles. The molecule has 0 aromatic carbocycles. The lowest BCUT2D eigenvalue weighted by Gasteiger charge is -2.19. The molecule has 11 heavy (non-hydrogen) atoms. The van der Waals surface area contributed by atoms with E-state index in [1.54, 1.807) is 0 Å². The first-order chi connectivity index (χ1) is 5.29. The van der Waals surface area contributed by atoms with Gasteiger partial charge in [0.2, 0.25) is 0 Å². The molecule has 64 valence electrons. The van der Waals surface area contributed by atoms with Gasteiger partial charge >= 0.3 is 5.97 Å². The molecule has 0 aromatic heterocycles. The number of esters is 1.